The summed E-state index contributed by atoms with van der Waals surface area (Å²) in [7, 11) is 0. The second-order valence-electron chi connectivity index (χ2n) is 2.32. The van der Waals surface area contributed by atoms with Crippen LogP contribution < -0.4 is 0 Å². The number of hydrogen-bond donors (Lipinski definition) is 1. The smallest absolute Gasteiger partial charge is 0.113 e. The maximum atomic E-state index is 3.94. The van der Waals surface area contributed by atoms with Crippen LogP contribution in [0, 0.1) is 6.92 Å². The van der Waals surface area contributed by atoms with Crippen LogP contribution in [0.2, 0.25) is 0 Å². The van der Waals surface area contributed by atoms with E-state index in [0.717, 1.165) is 11.0 Å². The first kappa shape index (κ1) is 9.35. The number of aryl methyl sites for hydroxylation is 1. The minimum atomic E-state index is 0. The first-order valence-electron chi connectivity index (χ1n) is 3.13. The van der Waals surface area contributed by atoms with Crippen molar-refractivity contribution in [1.29, 1.82) is 0 Å². The van der Waals surface area contributed by atoms with Gasteiger partial charge in [0.15, 0.2) is 0 Å². The number of nitrogens with one attached hydrogen (secondary N) is 1. The fraction of sp³-hybridized carbons (Fsp3) is 0.143. The molecule has 0 aliphatic heterocycles. The fourth-order valence-corrected chi connectivity index (χ4v) is 0.950. The Labute approximate surface area is 107 Å². The summed E-state index contributed by atoms with van der Waals surface area (Å²) in [6.07, 6.45) is 0. The quantitative estimate of drug-likeness (QED) is 0.599. The topological polar surface area (TPSA) is 41.6 Å². The number of aromatic nitrogens is 3. The third-order valence-corrected chi connectivity index (χ3v) is 1.47. The van der Waals surface area contributed by atoms with Crippen LogP contribution in [0.5, 0.6) is 0 Å². The summed E-state index contributed by atoms with van der Waals surface area (Å²) in [4.78, 5) is 0. The number of nitrogens with zero attached hydrogens (tertiary/aromatic N) is 2. The van der Waals surface area contributed by atoms with Crippen LogP contribution in [-0.4, -0.2) is 66.8 Å². The van der Waals surface area contributed by atoms with Crippen molar-refractivity contribution < 1.29 is 0 Å². The average molecular weight is 172 g/mol. The first-order chi connectivity index (χ1) is 4.86. The Morgan fingerprint density at radius 2 is 1.91 bits per heavy atom. The monoisotopic (exact) mass is 172 g/mol. The van der Waals surface area contributed by atoms with Crippen molar-refractivity contribution in [2.45, 2.75) is 6.92 Å². The largest absolute Gasteiger partial charge is 0.197 e. The van der Waals surface area contributed by atoms with Crippen molar-refractivity contribution in [2.24, 2.45) is 0 Å². The second kappa shape index (κ2) is 3.78. The molecule has 1 N–H and O–H groups in total. The Morgan fingerprint density at radius 1 is 1.18 bits per heavy atom. The number of H-pyrrole nitrogens is 1. The Balaban J connectivity index is 0.000000605. The van der Waals surface area contributed by atoms with Gasteiger partial charge in [-0.15, -0.1) is 0 Å². The SMILES string of the molecule is Cc1ccc2n[nH]nc2c1.[K]. The zero-order chi connectivity index (χ0) is 6.97. The maximum Gasteiger partial charge on any atom is 0.113 e. The number of aromatic amines is 1. The third-order valence-electron chi connectivity index (χ3n) is 1.47. The Kier molecular flexibility index (Phi) is 3.21. The van der Waals surface area contributed by atoms with Crippen LogP contribution in [0.4, 0.5) is 0 Å². The number of benzene rings is 1. The molecule has 4 heteroatoms. The van der Waals surface area contributed by atoms with Gasteiger partial charge in [-0.2, -0.15) is 15.4 Å². The number of rotatable bonds is 0. The fourth-order valence-electron chi connectivity index (χ4n) is 0.950. The predicted octanol–water partition coefficient (Wildman–Crippen LogP) is 0.886. The molecule has 2 rings (SSSR count). The standard InChI is InChI=1S/C7H7N3.K/c1-5-2-3-6-7(4-5)9-10-8-6;/h2-4H,1H3,(H,8,9,10);. The molecule has 0 spiro atoms. The van der Waals surface area contributed by atoms with Crippen LogP contribution in [0.15, 0.2) is 18.2 Å². The van der Waals surface area contributed by atoms with E-state index in [1.807, 2.05) is 25.1 Å². The molecule has 0 amide bonds. The zero-order valence-electron chi connectivity index (χ0n) is 6.63. The summed E-state index contributed by atoms with van der Waals surface area (Å²) in [6, 6.07) is 5.97. The molecule has 1 aromatic heterocycles. The van der Waals surface area contributed by atoms with Gasteiger partial charge in [0.05, 0.1) is 0 Å². The van der Waals surface area contributed by atoms with Gasteiger partial charge in [-0.1, -0.05) is 6.07 Å². The Hall–Kier alpha value is 0.256. The van der Waals surface area contributed by atoms with Gasteiger partial charge in [0.25, 0.3) is 0 Å². The molecular formula is C7H7KN3. The molecule has 1 aromatic carbocycles. The van der Waals surface area contributed by atoms with E-state index in [2.05, 4.69) is 15.4 Å². The molecule has 3 nitrogen and oxygen atoms in total. The van der Waals surface area contributed by atoms with E-state index in [4.69, 9.17) is 0 Å². The van der Waals surface area contributed by atoms with Crippen molar-refractivity contribution in [3.8, 4) is 0 Å². The van der Waals surface area contributed by atoms with Crippen LogP contribution in [0.25, 0.3) is 11.0 Å². The Morgan fingerprint density at radius 3 is 2.73 bits per heavy atom. The molecule has 51 valence electrons. The van der Waals surface area contributed by atoms with E-state index in [1.165, 1.54) is 5.56 Å². The van der Waals surface area contributed by atoms with Gasteiger partial charge in [-0.3, -0.25) is 0 Å². The molecule has 1 heterocycles. The summed E-state index contributed by atoms with van der Waals surface area (Å²) < 4.78 is 0. The molecule has 11 heavy (non-hydrogen) atoms. The van der Waals surface area contributed by atoms with E-state index in [0.29, 0.717) is 0 Å². The van der Waals surface area contributed by atoms with E-state index >= 15 is 0 Å². The Bertz CT molecular complexity index is 355. The summed E-state index contributed by atoms with van der Waals surface area (Å²) in [5.41, 5.74) is 3.06. The van der Waals surface area contributed by atoms with Gasteiger partial charge in [0.1, 0.15) is 11.0 Å². The maximum absolute atomic E-state index is 3.94. The van der Waals surface area contributed by atoms with Crippen LogP contribution in [0.1, 0.15) is 5.56 Å². The number of hydrogen-bond acceptors (Lipinski definition) is 2. The van der Waals surface area contributed by atoms with E-state index in [9.17, 15) is 0 Å². The molecule has 0 aliphatic carbocycles. The van der Waals surface area contributed by atoms with E-state index < -0.39 is 0 Å². The van der Waals surface area contributed by atoms with E-state index in [-0.39, 0.29) is 51.4 Å². The van der Waals surface area contributed by atoms with Crippen molar-refractivity contribution in [3.63, 3.8) is 0 Å². The molecule has 1 radical (unpaired) electrons. The summed E-state index contributed by atoms with van der Waals surface area (Å²) in [6.45, 7) is 2.04. The molecule has 0 aliphatic rings. The van der Waals surface area contributed by atoms with Crippen molar-refractivity contribution in [1.82, 2.24) is 15.4 Å². The molecule has 0 saturated heterocycles. The molecule has 0 bridgehead atoms. The van der Waals surface area contributed by atoms with Gasteiger partial charge >= 0.3 is 0 Å². The van der Waals surface area contributed by atoms with Gasteiger partial charge < -0.3 is 0 Å². The van der Waals surface area contributed by atoms with Crippen molar-refractivity contribution in [3.05, 3.63) is 23.8 Å². The second-order valence-corrected chi connectivity index (χ2v) is 2.32. The molecular weight excluding hydrogens is 165 g/mol. The van der Waals surface area contributed by atoms with Crippen LogP contribution in [-0.2, 0) is 0 Å². The molecule has 0 fully saturated rings. The minimum Gasteiger partial charge on any atom is -0.197 e. The third kappa shape index (κ3) is 1.89. The normalized spacial score (nSPS) is 9.55. The molecule has 0 saturated carbocycles. The first-order valence-corrected chi connectivity index (χ1v) is 3.13. The predicted molar refractivity (Wildman–Crippen MR) is 44.4 cm³/mol. The zero-order valence-corrected chi connectivity index (χ0v) is 9.75. The van der Waals surface area contributed by atoms with E-state index in [1.54, 1.807) is 0 Å². The van der Waals surface area contributed by atoms with Crippen molar-refractivity contribution >= 4 is 62.4 Å². The average Bonchev–Trinajstić information content (AvgIpc) is 2.33. The van der Waals surface area contributed by atoms with Crippen molar-refractivity contribution in [2.75, 3.05) is 0 Å². The van der Waals surface area contributed by atoms with Crippen LogP contribution >= 0.6 is 0 Å². The van der Waals surface area contributed by atoms with Crippen LogP contribution in [0.3, 0.4) is 0 Å². The molecule has 2 aromatic rings. The summed E-state index contributed by atoms with van der Waals surface area (Å²) in [5.74, 6) is 0. The summed E-state index contributed by atoms with van der Waals surface area (Å²) >= 11 is 0. The number of fused-ring (bicyclic) bond motifs is 1. The van der Waals surface area contributed by atoms with Gasteiger partial charge in [-0.05, 0) is 24.6 Å². The van der Waals surface area contributed by atoms with Gasteiger partial charge in [-0.25, -0.2) is 0 Å². The van der Waals surface area contributed by atoms with Gasteiger partial charge in [0.2, 0.25) is 0 Å². The van der Waals surface area contributed by atoms with Gasteiger partial charge in [0, 0.05) is 51.4 Å². The summed E-state index contributed by atoms with van der Waals surface area (Å²) in [5, 5.41) is 10.4. The molecule has 0 unspecified atom stereocenters. The molecule has 0 atom stereocenters. The minimum absolute atomic E-state index is 0.